The molecule has 660 valence electrons. The van der Waals surface area contributed by atoms with E-state index in [0.717, 1.165) is 85.8 Å². The predicted molar refractivity (Wildman–Crippen MR) is 406 cm³/mol. The number of phosphoric acid groups is 6. The highest BCUT2D eigenvalue weighted by Gasteiger charge is 2.53. The van der Waals surface area contributed by atoms with Crippen LogP contribution < -0.4 is 32.7 Å². The van der Waals surface area contributed by atoms with E-state index in [0.29, 0.717) is 12.8 Å². The summed E-state index contributed by atoms with van der Waals surface area (Å²) in [7, 11) is -33.2. The quantitative estimate of drug-likeness (QED) is 0.0194. The monoisotopic (exact) mass is 1790 g/mol. The molecule has 4 amide bonds. The van der Waals surface area contributed by atoms with E-state index in [1.54, 1.807) is 0 Å². The van der Waals surface area contributed by atoms with E-state index in [1.807, 2.05) is 26.0 Å². The number of aromatic nitrogens is 8. The van der Waals surface area contributed by atoms with Gasteiger partial charge in [0, 0.05) is 73.5 Å². The Morgan fingerprint density at radius 2 is 0.932 bits per heavy atom. The van der Waals surface area contributed by atoms with Gasteiger partial charge in [-0.3, -0.25) is 65.0 Å². The maximum Gasteiger partial charge on any atom is 0.481 e. The maximum absolute atomic E-state index is 13.4. The van der Waals surface area contributed by atoms with Crippen molar-refractivity contribution in [2.24, 2.45) is 21.7 Å². The number of rotatable bonds is 50. The molecule has 8 rings (SSSR count). The number of unbranched alkanes of at least 4 members (excludes halogenated alkanes) is 2. The first-order valence-electron chi connectivity index (χ1n) is 36.8. The zero-order valence-corrected chi connectivity index (χ0v) is 70.1. The van der Waals surface area contributed by atoms with Crippen LogP contribution in [0.25, 0.3) is 22.3 Å². The molecule has 6 heterocycles. The highest BCUT2D eigenvalue weighted by Crippen LogP contribution is 2.63. The molecule has 54 heteroatoms. The molecule has 14 unspecified atom stereocenters. The van der Waals surface area contributed by atoms with E-state index >= 15 is 0 Å². The van der Waals surface area contributed by atoms with Gasteiger partial charge in [-0.25, -0.2) is 57.3 Å². The molecule has 118 heavy (non-hydrogen) atoms. The minimum Gasteiger partial charge on any atom is -0.386 e. The lowest BCUT2D eigenvalue weighted by atomic mass is 9.81. The third-order valence-corrected chi connectivity index (χ3v) is 25.9. The number of aliphatic hydroxyl groups is 4. The molecule has 1 aromatic carbocycles. The van der Waals surface area contributed by atoms with Gasteiger partial charge in [-0.05, 0) is 62.5 Å². The molecule has 5 aromatic rings. The third-order valence-electron chi connectivity index (χ3n) is 19.7. The van der Waals surface area contributed by atoms with Crippen molar-refractivity contribution in [2.45, 2.75) is 193 Å². The lowest BCUT2D eigenvalue weighted by molar-refractivity contribution is -0.137. The number of nitrogens with one attached hydrogen (secondary N) is 4. The number of Topliss-reactive ketones (excluding diaryl/α,β-unsaturated/α-hetero) is 2. The standard InChI is InChI=1S/C64H100N14O34P6/c1-61(2,41(79)17-25-67-43(81)19-27-69-57(87)51(85)62(3,4)31-105-117(99,100)111-115(95,96)103-29-39-49(109-113(89,90)91)47(83)59(107-39)77-35-75-45-53(65)71-33-73-55(45)77)21-11-9-15-37-13-7-8-14-38(37)16-10-12-22-64(23-24-64)42(80)18-26-68-44(82)20-28-70-58(88)52(86)63(5,6)32-106-118(101,102)112-116(97,98)104-30-40-50(110-114(92,93)94)48(84)60(108-40)78-36-76-46-54(66)72-34-74-56(46)78/h7-8,13-14,33-36,39-40,47-52,59-60,83-86H,9-12,15-32H2,1-6H3,(H,67,81)(H,68,82)(H,69,87)(H,70,88)(H,95,96)(H,97,98)(H,99,100)(H,101,102)(H2,65,71,73)(H2,66,72,74)(H2,89,90,91)(H2,92,93,94). The SMILES string of the molecule is CC(C)(CCCCc1ccccc1CCCCC1(C(=O)CCNC(=O)CCNC(=O)C(O)C(C)(C)COP(=O)(O)OP(=O)(O)OCC2OC(n3cnc4c(N)ncnc43)C(O)C2OP(=O)(O)O)CC1)C(=O)CCNC(=O)CCNC(=O)C(O)C(C)(C)COP(=O)(O)OP(=O)(O)OCC1OC(n2cnc3c(N)ncnc32)C(O)C1OP(=O)(O)O. The van der Waals surface area contributed by atoms with E-state index < -0.39 is 180 Å². The van der Waals surface area contributed by atoms with Gasteiger partial charge < -0.3 is 102 Å². The molecular weight excluding hydrogens is 1690 g/mol. The first-order valence-corrected chi connectivity index (χ1v) is 45.8. The van der Waals surface area contributed by atoms with E-state index in [1.165, 1.54) is 38.8 Å². The average Bonchev–Trinajstić information content (AvgIpc) is 1.63. The van der Waals surface area contributed by atoms with E-state index in [-0.39, 0.29) is 97.4 Å². The fraction of sp³-hybridized carbons (Fsp3) is 0.656. The smallest absolute Gasteiger partial charge is 0.386 e. The first kappa shape index (κ1) is 97.1. The number of fused-ring (bicyclic) bond motifs is 2. The summed E-state index contributed by atoms with van der Waals surface area (Å²) >= 11 is 0. The lowest BCUT2D eigenvalue weighted by Gasteiger charge is -2.30. The minimum absolute atomic E-state index is 0.00172. The van der Waals surface area contributed by atoms with Crippen LogP contribution in [0.15, 0.2) is 49.6 Å². The molecule has 1 aliphatic carbocycles. The van der Waals surface area contributed by atoms with Crippen LogP contribution in [0.4, 0.5) is 11.6 Å². The summed E-state index contributed by atoms with van der Waals surface area (Å²) in [5, 5.41) is 53.7. The number of anilines is 2. The highest BCUT2D eigenvalue weighted by atomic mass is 31.3. The third kappa shape index (κ3) is 27.8. The number of ketones is 2. The van der Waals surface area contributed by atoms with Gasteiger partial charge in [0.05, 0.1) is 39.1 Å². The molecule has 14 atom stereocenters. The second kappa shape index (κ2) is 40.3. The van der Waals surface area contributed by atoms with Crippen LogP contribution in [-0.4, -0.2) is 235 Å². The Balaban J connectivity index is 0.649. The fourth-order valence-corrected chi connectivity index (χ4v) is 18.4. The van der Waals surface area contributed by atoms with E-state index in [9.17, 15) is 116 Å². The maximum atomic E-state index is 13.4. The summed E-state index contributed by atoms with van der Waals surface area (Å²) in [5.74, 6) is -3.31. The Bertz CT molecular complexity index is 4410. The molecule has 0 radical (unpaired) electrons. The number of benzene rings is 1. The Kier molecular flexibility index (Phi) is 33.2. The number of imidazole rings is 2. The predicted octanol–water partition coefficient (Wildman–Crippen LogP) is 1.67. The number of phosphoric ester groups is 6. The van der Waals surface area contributed by atoms with Gasteiger partial charge >= 0.3 is 46.9 Å². The second-order valence-electron chi connectivity index (χ2n) is 30.3. The number of hydrogen-bond donors (Lipinski definition) is 18. The van der Waals surface area contributed by atoms with Crippen molar-refractivity contribution in [1.82, 2.24) is 60.3 Å². The molecule has 1 saturated carbocycles. The van der Waals surface area contributed by atoms with Crippen molar-refractivity contribution in [1.29, 1.82) is 0 Å². The molecule has 48 nitrogen and oxygen atoms in total. The number of aryl methyl sites for hydroxylation is 2. The van der Waals surface area contributed by atoms with Crippen LogP contribution in [-0.2, 0) is 114 Å². The first-order chi connectivity index (χ1) is 54.8. The van der Waals surface area contributed by atoms with Gasteiger partial charge in [-0.15, -0.1) is 0 Å². The summed E-state index contributed by atoms with van der Waals surface area (Å²) in [6.45, 7) is 3.81. The van der Waals surface area contributed by atoms with Gasteiger partial charge in [0.1, 0.15) is 84.1 Å². The molecular formula is C64H100N14O34P6. The van der Waals surface area contributed by atoms with Crippen molar-refractivity contribution >= 4 is 116 Å². The van der Waals surface area contributed by atoms with Gasteiger partial charge in [0.25, 0.3) is 0 Å². The van der Waals surface area contributed by atoms with Crippen LogP contribution in [0.2, 0.25) is 0 Å². The number of carbonyl (C=O) groups is 6. The molecule has 20 N–H and O–H groups in total. The Morgan fingerprint density at radius 1 is 0.542 bits per heavy atom. The van der Waals surface area contributed by atoms with Crippen LogP contribution in [0.1, 0.15) is 142 Å². The summed E-state index contributed by atoms with van der Waals surface area (Å²) in [6.07, 6.45) is -7.15. The number of amides is 4. The number of carbonyl (C=O) groups excluding carboxylic acids is 6. The largest absolute Gasteiger partial charge is 0.481 e. The van der Waals surface area contributed by atoms with Crippen molar-refractivity contribution in [3.8, 4) is 0 Å². The molecule has 2 aliphatic heterocycles. The Hall–Kier alpha value is -6.36. The van der Waals surface area contributed by atoms with Crippen LogP contribution >= 0.6 is 46.9 Å². The molecule has 2 saturated heterocycles. The average molecular weight is 1800 g/mol. The summed E-state index contributed by atoms with van der Waals surface area (Å²) in [6, 6.07) is 8.05. The number of hydrogen-bond acceptors (Lipinski definition) is 34. The highest BCUT2D eigenvalue weighted by molar-refractivity contribution is 7.61. The summed E-state index contributed by atoms with van der Waals surface area (Å²) in [5.41, 5.74) is 9.48. The number of nitrogen functional groups attached to an aromatic ring is 2. The van der Waals surface area contributed by atoms with Crippen LogP contribution in [0.3, 0.4) is 0 Å². The molecule has 4 aromatic heterocycles. The Morgan fingerprint density at radius 3 is 1.34 bits per heavy atom. The number of nitrogens with zero attached hydrogens (tertiary/aromatic N) is 8. The van der Waals surface area contributed by atoms with Crippen LogP contribution in [0, 0.1) is 21.7 Å². The van der Waals surface area contributed by atoms with Crippen molar-refractivity contribution in [2.75, 3.05) is 64.1 Å². The molecule has 3 aliphatic rings. The normalized spacial score (nSPS) is 22.4. The fourth-order valence-electron chi connectivity index (χ4n) is 12.8. The Labute approximate surface area is 673 Å². The van der Waals surface area contributed by atoms with Crippen LogP contribution in [0.5, 0.6) is 0 Å². The number of nitrogens with two attached hydrogens (primary N) is 2. The van der Waals surface area contributed by atoms with Crippen molar-refractivity contribution in [3.05, 3.63) is 60.7 Å². The van der Waals surface area contributed by atoms with Crippen molar-refractivity contribution in [3.63, 3.8) is 0 Å². The van der Waals surface area contributed by atoms with Crippen molar-refractivity contribution < 1.29 is 161 Å². The van der Waals surface area contributed by atoms with Gasteiger partial charge in [0.2, 0.25) is 23.6 Å². The zero-order chi connectivity index (χ0) is 87.4. The van der Waals surface area contributed by atoms with E-state index in [4.69, 9.17) is 39.0 Å². The topological polar surface area (TPSA) is 727 Å². The zero-order valence-electron chi connectivity index (χ0n) is 64.7. The van der Waals surface area contributed by atoms with Gasteiger partial charge in [-0.2, -0.15) is 8.62 Å². The summed E-state index contributed by atoms with van der Waals surface area (Å²) in [4.78, 5) is 181. The van der Waals surface area contributed by atoms with Gasteiger partial charge in [-0.1, -0.05) is 78.6 Å². The lowest BCUT2D eigenvalue weighted by Crippen LogP contribution is -2.46. The van der Waals surface area contributed by atoms with Gasteiger partial charge in [0.15, 0.2) is 35.4 Å². The number of aliphatic hydroxyl groups excluding tert-OH is 4. The van der Waals surface area contributed by atoms with E-state index in [2.05, 4.69) is 81.0 Å². The number of ether oxygens (including phenoxy) is 2. The summed E-state index contributed by atoms with van der Waals surface area (Å²) < 4.78 is 126. The minimum atomic E-state index is -5.65. The molecule has 3 fully saturated rings. The molecule has 0 bridgehead atoms. The molecule has 0 spiro atoms. The second-order valence-corrected chi connectivity index (χ2v) is 38.8.